The lowest BCUT2D eigenvalue weighted by atomic mass is 10.1. The van der Waals surface area contributed by atoms with E-state index in [4.69, 9.17) is 4.42 Å². The highest BCUT2D eigenvalue weighted by Gasteiger charge is 2.19. The van der Waals surface area contributed by atoms with Crippen LogP contribution in [0.2, 0.25) is 0 Å². The average molecular weight is 281 g/mol. The van der Waals surface area contributed by atoms with Gasteiger partial charge in [-0.25, -0.2) is 0 Å². The van der Waals surface area contributed by atoms with Gasteiger partial charge in [0, 0.05) is 17.8 Å². The zero-order valence-electron chi connectivity index (χ0n) is 12.3. The van der Waals surface area contributed by atoms with Crippen LogP contribution in [0.4, 0.5) is 0 Å². The van der Waals surface area contributed by atoms with Gasteiger partial charge in [-0.15, -0.1) is 0 Å². The molecular weight excluding hydrogens is 262 g/mol. The Hall–Kier alpha value is -2.20. The summed E-state index contributed by atoms with van der Waals surface area (Å²) in [7, 11) is 0. The Morgan fingerprint density at radius 1 is 1.24 bits per heavy atom. The number of hydrogen-bond donors (Lipinski definition) is 1. The molecule has 0 fully saturated rings. The number of fused-ring (bicyclic) bond motifs is 1. The molecule has 1 N–H and O–H groups in total. The van der Waals surface area contributed by atoms with Gasteiger partial charge in [0.1, 0.15) is 17.4 Å². The molecule has 2 aromatic heterocycles. The summed E-state index contributed by atoms with van der Waals surface area (Å²) in [6.45, 7) is 5.13. The summed E-state index contributed by atoms with van der Waals surface area (Å²) in [5.74, 6) is 0.879. The predicted molar refractivity (Wildman–Crippen MR) is 83.1 cm³/mol. The Balaban J connectivity index is 2.01. The molecule has 21 heavy (non-hydrogen) atoms. The van der Waals surface area contributed by atoms with Gasteiger partial charge in [-0.05, 0) is 38.1 Å². The van der Waals surface area contributed by atoms with Crippen molar-refractivity contribution in [1.29, 1.82) is 0 Å². The van der Waals surface area contributed by atoms with E-state index < -0.39 is 0 Å². The van der Waals surface area contributed by atoms with E-state index in [0.717, 1.165) is 35.4 Å². The van der Waals surface area contributed by atoms with Crippen LogP contribution in [-0.4, -0.2) is 16.5 Å². The molecule has 4 heteroatoms. The van der Waals surface area contributed by atoms with Crippen molar-refractivity contribution in [2.24, 2.45) is 0 Å². The molecule has 3 aromatic rings. The normalized spacial score (nSPS) is 12.7. The fraction of sp³-hybridized carbons (Fsp3) is 0.294. The van der Waals surface area contributed by atoms with Gasteiger partial charge in [0.2, 0.25) is 0 Å². The summed E-state index contributed by atoms with van der Waals surface area (Å²) in [5.41, 5.74) is 3.01. The molecule has 0 aliphatic carbocycles. The molecule has 0 amide bonds. The molecule has 0 saturated heterocycles. The number of furan rings is 1. The third-order valence-corrected chi connectivity index (χ3v) is 3.45. The van der Waals surface area contributed by atoms with Crippen molar-refractivity contribution in [3.8, 4) is 0 Å². The number of benzene rings is 1. The molecule has 108 valence electrons. The van der Waals surface area contributed by atoms with Gasteiger partial charge in [0.15, 0.2) is 0 Å². The Kier molecular flexibility index (Phi) is 3.97. The van der Waals surface area contributed by atoms with E-state index in [1.54, 1.807) is 18.6 Å². The van der Waals surface area contributed by atoms with Gasteiger partial charge in [-0.3, -0.25) is 9.97 Å². The summed E-state index contributed by atoms with van der Waals surface area (Å²) < 4.78 is 6.01. The minimum Gasteiger partial charge on any atom is -0.459 e. The SMILES string of the molecule is CCCNC(c1cnccn1)c1cc2cc(C)ccc2o1. The molecule has 1 unspecified atom stereocenters. The maximum atomic E-state index is 6.01. The number of aromatic nitrogens is 2. The molecule has 2 heterocycles. The lowest BCUT2D eigenvalue weighted by Crippen LogP contribution is -2.23. The topological polar surface area (TPSA) is 51.0 Å². The molecule has 0 bridgehead atoms. The molecule has 0 saturated carbocycles. The lowest BCUT2D eigenvalue weighted by molar-refractivity contribution is 0.463. The summed E-state index contributed by atoms with van der Waals surface area (Å²) in [4.78, 5) is 8.57. The quantitative estimate of drug-likeness (QED) is 0.776. The highest BCUT2D eigenvalue weighted by molar-refractivity contribution is 5.78. The summed E-state index contributed by atoms with van der Waals surface area (Å²) in [6, 6.07) is 8.24. The molecule has 4 nitrogen and oxygen atoms in total. The summed E-state index contributed by atoms with van der Waals surface area (Å²) in [5, 5.41) is 4.60. The van der Waals surface area contributed by atoms with E-state index in [2.05, 4.69) is 47.3 Å². The van der Waals surface area contributed by atoms with Gasteiger partial charge in [0.25, 0.3) is 0 Å². The fourth-order valence-electron chi connectivity index (χ4n) is 2.42. The van der Waals surface area contributed by atoms with E-state index in [1.165, 1.54) is 5.56 Å². The van der Waals surface area contributed by atoms with Crippen molar-refractivity contribution >= 4 is 11.0 Å². The van der Waals surface area contributed by atoms with Crippen molar-refractivity contribution in [3.05, 3.63) is 59.9 Å². The Labute approximate surface area is 124 Å². The summed E-state index contributed by atoms with van der Waals surface area (Å²) in [6.07, 6.45) is 6.23. The van der Waals surface area contributed by atoms with E-state index in [0.29, 0.717) is 0 Å². The van der Waals surface area contributed by atoms with E-state index in [-0.39, 0.29) is 6.04 Å². The number of aryl methyl sites for hydroxylation is 1. The first-order chi connectivity index (χ1) is 10.3. The molecule has 0 radical (unpaired) electrons. The van der Waals surface area contributed by atoms with Crippen LogP contribution in [0.5, 0.6) is 0 Å². The van der Waals surface area contributed by atoms with Gasteiger partial charge >= 0.3 is 0 Å². The minimum atomic E-state index is -0.0636. The predicted octanol–water partition coefficient (Wildman–Crippen LogP) is 3.62. The van der Waals surface area contributed by atoms with E-state index in [1.807, 2.05) is 6.07 Å². The second-order valence-electron chi connectivity index (χ2n) is 5.21. The fourth-order valence-corrected chi connectivity index (χ4v) is 2.42. The smallest absolute Gasteiger partial charge is 0.134 e. The molecule has 1 atom stereocenters. The van der Waals surface area contributed by atoms with Crippen LogP contribution in [0.15, 0.2) is 47.3 Å². The number of rotatable bonds is 5. The van der Waals surface area contributed by atoms with E-state index in [9.17, 15) is 0 Å². The molecular formula is C17H19N3O. The van der Waals surface area contributed by atoms with Crippen LogP contribution in [0, 0.1) is 6.92 Å². The monoisotopic (exact) mass is 281 g/mol. The van der Waals surface area contributed by atoms with Gasteiger partial charge < -0.3 is 9.73 Å². The van der Waals surface area contributed by atoms with Crippen molar-refractivity contribution in [1.82, 2.24) is 15.3 Å². The average Bonchev–Trinajstić information content (AvgIpc) is 2.91. The van der Waals surface area contributed by atoms with Crippen molar-refractivity contribution in [2.45, 2.75) is 26.3 Å². The maximum absolute atomic E-state index is 6.01. The molecule has 0 aliphatic heterocycles. The third-order valence-electron chi connectivity index (χ3n) is 3.45. The largest absolute Gasteiger partial charge is 0.459 e. The molecule has 0 spiro atoms. The zero-order valence-corrected chi connectivity index (χ0v) is 12.3. The second-order valence-corrected chi connectivity index (χ2v) is 5.21. The van der Waals surface area contributed by atoms with E-state index >= 15 is 0 Å². The first kappa shape index (κ1) is 13.8. The van der Waals surface area contributed by atoms with Gasteiger partial charge in [0.05, 0.1) is 11.9 Å². The highest BCUT2D eigenvalue weighted by atomic mass is 16.3. The molecule has 1 aromatic carbocycles. The van der Waals surface area contributed by atoms with Gasteiger partial charge in [-0.2, -0.15) is 0 Å². The first-order valence-corrected chi connectivity index (χ1v) is 7.27. The standard InChI is InChI=1S/C17H19N3O/c1-3-6-20-17(14-11-18-7-8-19-14)16-10-13-9-12(2)4-5-15(13)21-16/h4-5,7-11,17,20H,3,6H2,1-2H3. The van der Waals surface area contributed by atoms with Crippen molar-refractivity contribution in [3.63, 3.8) is 0 Å². The van der Waals surface area contributed by atoms with Crippen LogP contribution >= 0.6 is 0 Å². The lowest BCUT2D eigenvalue weighted by Gasteiger charge is -2.14. The second kappa shape index (κ2) is 6.06. The van der Waals surface area contributed by atoms with Crippen LogP contribution in [0.25, 0.3) is 11.0 Å². The number of nitrogens with one attached hydrogen (secondary N) is 1. The highest BCUT2D eigenvalue weighted by Crippen LogP contribution is 2.27. The first-order valence-electron chi connectivity index (χ1n) is 7.27. The van der Waals surface area contributed by atoms with Crippen molar-refractivity contribution < 1.29 is 4.42 Å². The Bertz CT molecular complexity index is 721. The Morgan fingerprint density at radius 3 is 2.90 bits per heavy atom. The third kappa shape index (κ3) is 2.95. The molecule has 3 rings (SSSR count). The van der Waals surface area contributed by atoms with Crippen molar-refractivity contribution in [2.75, 3.05) is 6.54 Å². The Morgan fingerprint density at radius 2 is 2.14 bits per heavy atom. The summed E-state index contributed by atoms with van der Waals surface area (Å²) >= 11 is 0. The van der Waals surface area contributed by atoms with Crippen LogP contribution < -0.4 is 5.32 Å². The van der Waals surface area contributed by atoms with Crippen LogP contribution in [-0.2, 0) is 0 Å². The maximum Gasteiger partial charge on any atom is 0.134 e. The van der Waals surface area contributed by atoms with Crippen LogP contribution in [0.3, 0.4) is 0 Å². The number of nitrogens with zero attached hydrogens (tertiary/aromatic N) is 2. The molecule has 0 aliphatic rings. The zero-order chi connectivity index (χ0) is 14.7. The van der Waals surface area contributed by atoms with Crippen LogP contribution in [0.1, 0.15) is 36.4 Å². The number of hydrogen-bond acceptors (Lipinski definition) is 4. The minimum absolute atomic E-state index is 0.0636. The van der Waals surface area contributed by atoms with Gasteiger partial charge in [-0.1, -0.05) is 18.6 Å².